The fourth-order valence-corrected chi connectivity index (χ4v) is 2.73. The molecule has 0 unspecified atom stereocenters. The second-order valence-corrected chi connectivity index (χ2v) is 5.43. The molecule has 2 N–H and O–H groups in total. The maximum Gasteiger partial charge on any atom is 0.117 e. The van der Waals surface area contributed by atoms with Crippen molar-refractivity contribution in [1.82, 2.24) is 9.97 Å². The van der Waals surface area contributed by atoms with Gasteiger partial charge in [0.2, 0.25) is 0 Å². The van der Waals surface area contributed by atoms with E-state index in [1.54, 1.807) is 18.1 Å². The normalized spacial score (nSPS) is 10.8. The number of nitrogen functional groups attached to an aromatic ring is 1. The van der Waals surface area contributed by atoms with Gasteiger partial charge >= 0.3 is 0 Å². The Bertz CT molecular complexity index is 723. The summed E-state index contributed by atoms with van der Waals surface area (Å²) in [6, 6.07) is 14.1. The Morgan fingerprint density at radius 2 is 1.79 bits per heavy atom. The molecule has 0 bridgehead atoms. The first kappa shape index (κ1) is 12.0. The van der Waals surface area contributed by atoms with Crippen molar-refractivity contribution in [3.05, 3.63) is 54.4 Å². The Morgan fingerprint density at radius 3 is 2.58 bits per heavy atom. The summed E-state index contributed by atoms with van der Waals surface area (Å²) in [7, 11) is 0. The van der Waals surface area contributed by atoms with E-state index in [4.69, 9.17) is 5.73 Å². The van der Waals surface area contributed by atoms with Gasteiger partial charge in [-0.25, -0.2) is 9.97 Å². The number of aromatic nitrogens is 2. The maximum atomic E-state index is 5.78. The number of rotatable bonds is 2. The van der Waals surface area contributed by atoms with Crippen LogP contribution in [0.1, 0.15) is 5.56 Å². The Balaban J connectivity index is 2.03. The van der Waals surface area contributed by atoms with Crippen molar-refractivity contribution in [2.75, 3.05) is 5.73 Å². The van der Waals surface area contributed by atoms with E-state index in [1.807, 2.05) is 18.2 Å². The average Bonchev–Trinajstić information content (AvgIpc) is 2.41. The van der Waals surface area contributed by atoms with Gasteiger partial charge in [-0.15, -0.1) is 0 Å². The minimum atomic E-state index is 0.720. The van der Waals surface area contributed by atoms with Crippen LogP contribution in [0.25, 0.3) is 10.9 Å². The number of fused-ring (bicyclic) bond motifs is 1. The zero-order chi connectivity index (χ0) is 13.2. The van der Waals surface area contributed by atoms with Crippen LogP contribution < -0.4 is 5.73 Å². The largest absolute Gasteiger partial charge is 0.399 e. The summed E-state index contributed by atoms with van der Waals surface area (Å²) < 4.78 is 0. The Hall–Kier alpha value is -2.07. The molecule has 0 aliphatic rings. The lowest BCUT2D eigenvalue weighted by molar-refractivity contribution is 1.10. The molecule has 3 nitrogen and oxygen atoms in total. The number of aryl methyl sites for hydroxylation is 1. The lowest BCUT2D eigenvalue weighted by Gasteiger charge is -2.05. The minimum absolute atomic E-state index is 0.720. The lowest BCUT2D eigenvalue weighted by Crippen LogP contribution is -1.89. The van der Waals surface area contributed by atoms with Crippen LogP contribution in [0.3, 0.4) is 0 Å². The van der Waals surface area contributed by atoms with Crippen molar-refractivity contribution in [2.45, 2.75) is 16.8 Å². The van der Waals surface area contributed by atoms with Gasteiger partial charge in [-0.3, -0.25) is 0 Å². The van der Waals surface area contributed by atoms with Crippen molar-refractivity contribution in [3.8, 4) is 0 Å². The highest BCUT2D eigenvalue weighted by atomic mass is 32.2. The number of anilines is 1. The molecule has 0 saturated heterocycles. The molecule has 0 amide bonds. The number of hydrogen-bond donors (Lipinski definition) is 1. The third-order valence-electron chi connectivity index (χ3n) is 2.86. The van der Waals surface area contributed by atoms with Crippen LogP contribution in [0.4, 0.5) is 5.69 Å². The zero-order valence-electron chi connectivity index (χ0n) is 10.5. The van der Waals surface area contributed by atoms with Crippen molar-refractivity contribution in [2.24, 2.45) is 0 Å². The fraction of sp³-hybridized carbons (Fsp3) is 0.0667. The zero-order valence-corrected chi connectivity index (χ0v) is 11.3. The van der Waals surface area contributed by atoms with Gasteiger partial charge in [0, 0.05) is 16.0 Å². The monoisotopic (exact) mass is 267 g/mol. The summed E-state index contributed by atoms with van der Waals surface area (Å²) in [5.41, 5.74) is 8.63. The molecule has 19 heavy (non-hydrogen) atoms. The van der Waals surface area contributed by atoms with Crippen molar-refractivity contribution >= 4 is 28.4 Å². The van der Waals surface area contributed by atoms with Crippen LogP contribution in [-0.4, -0.2) is 9.97 Å². The van der Waals surface area contributed by atoms with E-state index in [0.29, 0.717) is 0 Å². The highest BCUT2D eigenvalue weighted by molar-refractivity contribution is 7.99. The number of nitrogens with zero attached hydrogens (tertiary/aromatic N) is 2. The van der Waals surface area contributed by atoms with Crippen molar-refractivity contribution in [1.29, 1.82) is 0 Å². The summed E-state index contributed by atoms with van der Waals surface area (Å²) >= 11 is 1.64. The highest BCUT2D eigenvalue weighted by Crippen LogP contribution is 2.31. The van der Waals surface area contributed by atoms with Gasteiger partial charge in [0.05, 0.1) is 5.52 Å². The summed E-state index contributed by atoms with van der Waals surface area (Å²) in [6.07, 6.45) is 1.58. The number of nitrogens with two attached hydrogens (primary N) is 1. The van der Waals surface area contributed by atoms with Crippen LogP contribution in [0, 0.1) is 6.92 Å². The van der Waals surface area contributed by atoms with Crippen LogP contribution in [0.5, 0.6) is 0 Å². The second kappa shape index (κ2) is 4.90. The molecule has 94 valence electrons. The van der Waals surface area contributed by atoms with Crippen LogP contribution in [0.15, 0.2) is 58.7 Å². The third-order valence-corrected chi connectivity index (χ3v) is 3.89. The predicted molar refractivity (Wildman–Crippen MR) is 79.3 cm³/mol. The van der Waals surface area contributed by atoms with Gasteiger partial charge in [0.15, 0.2) is 0 Å². The molecule has 0 atom stereocenters. The van der Waals surface area contributed by atoms with E-state index in [1.165, 1.54) is 10.5 Å². The van der Waals surface area contributed by atoms with Gasteiger partial charge in [-0.05, 0) is 37.3 Å². The quantitative estimate of drug-likeness (QED) is 0.568. The molecule has 2 aromatic carbocycles. The first-order valence-electron chi connectivity index (χ1n) is 5.97. The molecule has 4 heteroatoms. The van der Waals surface area contributed by atoms with Crippen molar-refractivity contribution < 1.29 is 0 Å². The maximum absolute atomic E-state index is 5.78. The van der Waals surface area contributed by atoms with Crippen molar-refractivity contribution in [3.63, 3.8) is 0 Å². The van der Waals surface area contributed by atoms with Gasteiger partial charge in [0.25, 0.3) is 0 Å². The van der Waals surface area contributed by atoms with Gasteiger partial charge in [0.1, 0.15) is 11.4 Å². The second-order valence-electron chi connectivity index (χ2n) is 4.37. The SMILES string of the molecule is Cc1ccc(Sc2ncnc3cc(N)ccc23)cc1. The Kier molecular flexibility index (Phi) is 3.09. The van der Waals surface area contributed by atoms with Gasteiger partial charge in [-0.2, -0.15) is 0 Å². The number of hydrogen-bond acceptors (Lipinski definition) is 4. The predicted octanol–water partition coefficient (Wildman–Crippen LogP) is 3.67. The topological polar surface area (TPSA) is 51.8 Å². The molecule has 3 rings (SSSR count). The standard InChI is InChI=1S/C15H13N3S/c1-10-2-5-12(6-3-10)19-15-13-7-4-11(16)8-14(13)17-9-18-15/h2-9H,16H2,1H3. The van der Waals surface area contributed by atoms with Crippen LogP contribution in [-0.2, 0) is 0 Å². The Morgan fingerprint density at radius 1 is 1.00 bits per heavy atom. The molecule has 0 fully saturated rings. The smallest absolute Gasteiger partial charge is 0.117 e. The summed E-state index contributed by atoms with van der Waals surface area (Å²) in [5, 5.41) is 1.98. The molecular weight excluding hydrogens is 254 g/mol. The molecule has 1 heterocycles. The Labute approximate surface area is 115 Å². The van der Waals surface area contributed by atoms with Crippen LogP contribution >= 0.6 is 11.8 Å². The third kappa shape index (κ3) is 2.53. The van der Waals surface area contributed by atoms with E-state index < -0.39 is 0 Å². The lowest BCUT2D eigenvalue weighted by atomic mass is 10.2. The minimum Gasteiger partial charge on any atom is -0.399 e. The molecule has 3 aromatic rings. The first-order valence-corrected chi connectivity index (χ1v) is 6.79. The molecule has 0 saturated carbocycles. The van der Waals surface area contributed by atoms with E-state index in [0.717, 1.165) is 21.6 Å². The summed E-state index contributed by atoms with van der Waals surface area (Å²) in [4.78, 5) is 9.79. The van der Waals surface area contributed by atoms with Crippen LogP contribution in [0.2, 0.25) is 0 Å². The molecule has 0 spiro atoms. The van der Waals surface area contributed by atoms with Gasteiger partial charge in [-0.1, -0.05) is 29.5 Å². The molecule has 1 aromatic heterocycles. The van der Waals surface area contributed by atoms with E-state index in [-0.39, 0.29) is 0 Å². The summed E-state index contributed by atoms with van der Waals surface area (Å²) in [6.45, 7) is 2.08. The highest BCUT2D eigenvalue weighted by Gasteiger charge is 2.05. The van der Waals surface area contributed by atoms with E-state index in [2.05, 4.69) is 41.2 Å². The molecular formula is C15H13N3S. The van der Waals surface area contributed by atoms with Gasteiger partial charge < -0.3 is 5.73 Å². The molecule has 0 aliphatic carbocycles. The first-order chi connectivity index (χ1) is 9.22. The van der Waals surface area contributed by atoms with E-state index >= 15 is 0 Å². The molecule has 0 aliphatic heterocycles. The average molecular weight is 267 g/mol. The fourth-order valence-electron chi connectivity index (χ4n) is 1.85. The van der Waals surface area contributed by atoms with E-state index in [9.17, 15) is 0 Å². The molecule has 0 radical (unpaired) electrons. The summed E-state index contributed by atoms with van der Waals surface area (Å²) in [5.74, 6) is 0. The number of benzene rings is 2.